The van der Waals surface area contributed by atoms with Crippen LogP contribution < -0.4 is 4.72 Å². The predicted octanol–water partition coefficient (Wildman–Crippen LogP) is 1.35. The molecule has 120 valence electrons. The van der Waals surface area contributed by atoms with Crippen molar-refractivity contribution in [3.8, 4) is 0 Å². The summed E-state index contributed by atoms with van der Waals surface area (Å²) in [5.41, 5.74) is 0. The zero-order chi connectivity index (χ0) is 16.0. The summed E-state index contributed by atoms with van der Waals surface area (Å²) in [5, 5.41) is 0.384. The van der Waals surface area contributed by atoms with Gasteiger partial charge in [0.15, 0.2) is 0 Å². The third kappa shape index (κ3) is 6.29. The summed E-state index contributed by atoms with van der Waals surface area (Å²) < 4.78 is 29.3. The van der Waals surface area contributed by atoms with Crippen molar-refractivity contribution in [1.82, 2.24) is 9.62 Å². The molecule has 1 amide bonds. The van der Waals surface area contributed by atoms with Crippen LogP contribution in [0.25, 0.3) is 0 Å². The molecule has 2 atom stereocenters. The van der Waals surface area contributed by atoms with Crippen LogP contribution in [0.15, 0.2) is 23.8 Å². The fraction of sp³-hybridized carbons (Fsp3) is 0.583. The number of halogens is 1. The minimum atomic E-state index is -3.28. The monoisotopic (exact) mass is 354 g/mol. The minimum absolute atomic E-state index is 0.00343. The summed E-state index contributed by atoms with van der Waals surface area (Å²) in [4.78, 5) is 13.4. The summed E-state index contributed by atoms with van der Waals surface area (Å²) in [6, 6.07) is -0.354. The molecule has 0 radical (unpaired) electrons. The fourth-order valence-corrected chi connectivity index (χ4v) is 2.96. The van der Waals surface area contributed by atoms with E-state index in [0.29, 0.717) is 18.0 Å². The molecule has 0 aromatic rings. The van der Waals surface area contributed by atoms with Crippen LogP contribution in [0.5, 0.6) is 0 Å². The number of nitrogens with one attached hydrogen (secondary N) is 1. The molecule has 6 nitrogen and oxygen atoms in total. The van der Waals surface area contributed by atoms with Crippen molar-refractivity contribution in [2.75, 3.05) is 26.0 Å². The molecule has 21 heavy (non-hydrogen) atoms. The summed E-state index contributed by atoms with van der Waals surface area (Å²) >= 11 is 10.5. The first-order valence-electron chi connectivity index (χ1n) is 6.27. The number of thiol groups is 1. The maximum atomic E-state index is 11.9. The van der Waals surface area contributed by atoms with Crippen LogP contribution in [-0.2, 0) is 14.8 Å². The average molecular weight is 355 g/mol. The van der Waals surface area contributed by atoms with Crippen LogP contribution >= 0.6 is 24.2 Å². The number of carbonyl (C=O) groups is 1. The van der Waals surface area contributed by atoms with Gasteiger partial charge in [0.05, 0.1) is 12.3 Å². The van der Waals surface area contributed by atoms with E-state index in [2.05, 4.69) is 23.9 Å². The third-order valence-corrected chi connectivity index (χ3v) is 4.27. The van der Waals surface area contributed by atoms with Gasteiger partial charge in [-0.3, -0.25) is 4.90 Å². The largest absolute Gasteiger partial charge is 0.445 e. The second kappa shape index (κ2) is 8.07. The molecule has 0 aliphatic carbocycles. The molecule has 0 saturated carbocycles. The second-order valence-electron chi connectivity index (χ2n) is 4.63. The second-order valence-corrected chi connectivity index (χ2v) is 7.63. The van der Waals surface area contributed by atoms with Gasteiger partial charge in [-0.2, -0.15) is 12.6 Å². The highest BCUT2D eigenvalue weighted by Crippen LogP contribution is 2.29. The lowest BCUT2D eigenvalue weighted by atomic mass is 10.2. The molecular formula is C12H19ClN2O4S2. The molecule has 0 aromatic carbocycles. The number of hydrogen-bond donors (Lipinski definition) is 2. The Morgan fingerprint density at radius 2 is 2.29 bits per heavy atom. The third-order valence-electron chi connectivity index (χ3n) is 2.80. The zero-order valence-corrected chi connectivity index (χ0v) is 14.1. The van der Waals surface area contributed by atoms with Gasteiger partial charge in [0.25, 0.3) is 0 Å². The molecule has 0 bridgehead atoms. The van der Waals surface area contributed by atoms with Gasteiger partial charge in [-0.25, -0.2) is 17.9 Å². The molecule has 1 saturated heterocycles. The lowest BCUT2D eigenvalue weighted by Crippen LogP contribution is -2.37. The standard InChI is InChI=1S/C12H19ClN2O4S2/c1-3-6-19-12(16)15-8-9(20)7-11(15)10(13)4-5-14-21(2,17)18/h3-4,9,11,14,20H,1,5-8H2,2H3/b10-4+/t9-,11-/m0/s1. The molecule has 0 spiro atoms. The van der Waals surface area contributed by atoms with Gasteiger partial charge in [0.2, 0.25) is 10.0 Å². The zero-order valence-electron chi connectivity index (χ0n) is 11.7. The van der Waals surface area contributed by atoms with Crippen LogP contribution in [-0.4, -0.2) is 56.7 Å². The SMILES string of the molecule is C=CCOC(=O)N1C[C@@H](S)C[C@H]1/C(Cl)=C\CNS(C)(=O)=O. The number of nitrogens with zero attached hydrogens (tertiary/aromatic N) is 1. The Hall–Kier alpha value is -0.700. The van der Waals surface area contributed by atoms with Crippen molar-refractivity contribution in [2.24, 2.45) is 0 Å². The number of carbonyl (C=O) groups excluding carboxylic acids is 1. The van der Waals surface area contributed by atoms with Crippen LogP contribution in [0.4, 0.5) is 4.79 Å². The van der Waals surface area contributed by atoms with E-state index in [-0.39, 0.29) is 24.4 Å². The molecule has 1 fully saturated rings. The highest BCUT2D eigenvalue weighted by molar-refractivity contribution is 7.88. The minimum Gasteiger partial charge on any atom is -0.445 e. The van der Waals surface area contributed by atoms with Gasteiger partial charge < -0.3 is 4.74 Å². The summed E-state index contributed by atoms with van der Waals surface area (Å²) in [6.07, 6.45) is 4.17. The molecule has 9 heteroatoms. The Labute approximate surface area is 135 Å². The maximum absolute atomic E-state index is 11.9. The van der Waals surface area contributed by atoms with E-state index in [9.17, 15) is 13.2 Å². The van der Waals surface area contributed by atoms with Crippen molar-refractivity contribution in [3.63, 3.8) is 0 Å². The lowest BCUT2D eigenvalue weighted by molar-refractivity contribution is 0.113. The summed E-state index contributed by atoms with van der Waals surface area (Å²) in [5.74, 6) is 0. The summed E-state index contributed by atoms with van der Waals surface area (Å²) in [7, 11) is -3.28. The van der Waals surface area contributed by atoms with Crippen LogP contribution in [0.2, 0.25) is 0 Å². The highest BCUT2D eigenvalue weighted by atomic mass is 35.5. The Morgan fingerprint density at radius 1 is 1.62 bits per heavy atom. The smallest absolute Gasteiger partial charge is 0.410 e. The van der Waals surface area contributed by atoms with Crippen LogP contribution in [0.3, 0.4) is 0 Å². The first kappa shape index (κ1) is 18.3. The molecule has 1 aliphatic heterocycles. The van der Waals surface area contributed by atoms with Gasteiger partial charge in [-0.15, -0.1) is 0 Å². The molecule has 1 N–H and O–H groups in total. The van der Waals surface area contributed by atoms with E-state index in [1.54, 1.807) is 0 Å². The maximum Gasteiger partial charge on any atom is 0.410 e. The highest BCUT2D eigenvalue weighted by Gasteiger charge is 2.36. The quantitative estimate of drug-likeness (QED) is 0.557. The molecule has 1 aliphatic rings. The van der Waals surface area contributed by atoms with Crippen molar-refractivity contribution >= 4 is 40.3 Å². The molecular weight excluding hydrogens is 336 g/mol. The van der Waals surface area contributed by atoms with Gasteiger partial charge >= 0.3 is 6.09 Å². The molecule has 1 heterocycles. The van der Waals surface area contributed by atoms with E-state index in [0.717, 1.165) is 6.26 Å². The van der Waals surface area contributed by atoms with Crippen molar-refractivity contribution in [3.05, 3.63) is 23.8 Å². The number of ether oxygens (including phenoxy) is 1. The van der Waals surface area contributed by atoms with Crippen LogP contribution in [0.1, 0.15) is 6.42 Å². The Balaban J connectivity index is 2.70. The molecule has 1 rings (SSSR count). The van der Waals surface area contributed by atoms with Crippen LogP contribution in [0, 0.1) is 0 Å². The normalized spacial score (nSPS) is 23.2. The first-order chi connectivity index (χ1) is 9.74. The molecule has 0 unspecified atom stereocenters. The Morgan fingerprint density at radius 3 is 2.86 bits per heavy atom. The van der Waals surface area contributed by atoms with Gasteiger partial charge in [-0.1, -0.05) is 30.3 Å². The fourth-order valence-electron chi connectivity index (χ4n) is 1.92. The summed E-state index contributed by atoms with van der Waals surface area (Å²) in [6.45, 7) is 4.09. The molecule has 0 aromatic heterocycles. The van der Waals surface area contributed by atoms with E-state index >= 15 is 0 Å². The van der Waals surface area contributed by atoms with E-state index in [1.807, 2.05) is 0 Å². The van der Waals surface area contributed by atoms with Crippen molar-refractivity contribution in [1.29, 1.82) is 0 Å². The topological polar surface area (TPSA) is 75.7 Å². The number of hydrogen-bond acceptors (Lipinski definition) is 5. The Bertz CT molecular complexity index is 521. The Kier molecular flexibility index (Phi) is 7.05. The van der Waals surface area contributed by atoms with E-state index < -0.39 is 16.1 Å². The van der Waals surface area contributed by atoms with Gasteiger partial charge in [0.1, 0.15) is 6.61 Å². The number of rotatable bonds is 6. The number of sulfonamides is 1. The number of amides is 1. The lowest BCUT2D eigenvalue weighted by Gasteiger charge is -2.23. The number of likely N-dealkylation sites (tertiary alicyclic amines) is 1. The predicted molar refractivity (Wildman–Crippen MR) is 86.2 cm³/mol. The van der Waals surface area contributed by atoms with Crippen molar-refractivity contribution < 1.29 is 17.9 Å². The first-order valence-corrected chi connectivity index (χ1v) is 9.05. The van der Waals surface area contributed by atoms with E-state index in [4.69, 9.17) is 16.3 Å². The average Bonchev–Trinajstić information content (AvgIpc) is 2.76. The van der Waals surface area contributed by atoms with Gasteiger partial charge in [0, 0.05) is 23.4 Å². The van der Waals surface area contributed by atoms with Gasteiger partial charge in [-0.05, 0) is 6.42 Å². The van der Waals surface area contributed by atoms with Crippen molar-refractivity contribution in [2.45, 2.75) is 17.7 Å². The van der Waals surface area contributed by atoms with E-state index in [1.165, 1.54) is 17.1 Å².